The van der Waals surface area contributed by atoms with E-state index < -0.39 is 14.2 Å². The highest BCUT2D eigenvalue weighted by atomic mass is 35.5. The van der Waals surface area contributed by atoms with Crippen LogP contribution in [-0.4, -0.2) is 68.3 Å². The van der Waals surface area contributed by atoms with Gasteiger partial charge in [0.25, 0.3) is 0 Å². The average molecular weight is 582 g/mol. The molecule has 6 rings (SSSR count). The fourth-order valence-electron chi connectivity index (χ4n) is 6.23. The Morgan fingerprint density at radius 3 is 2.62 bits per heavy atom. The zero-order valence-corrected chi connectivity index (χ0v) is 25.1. The van der Waals surface area contributed by atoms with Crippen molar-refractivity contribution in [2.75, 3.05) is 11.5 Å². The molecule has 1 aromatic carbocycles. The molecular formula is C28H36ClN7O3Si. The van der Waals surface area contributed by atoms with E-state index in [2.05, 4.69) is 35.0 Å². The van der Waals surface area contributed by atoms with Gasteiger partial charge in [-0.25, -0.2) is 14.8 Å². The minimum absolute atomic E-state index is 0.0253. The lowest BCUT2D eigenvalue weighted by Crippen LogP contribution is -2.50. The molecule has 212 valence electrons. The number of aryl methyl sites for hydroxylation is 1. The number of fused-ring (bicyclic) bond motifs is 4. The number of carboxylic acid groups (broad SMARTS) is 1. The maximum absolute atomic E-state index is 11.2. The fraction of sp³-hybridized carbons (Fsp3) is 0.500. The van der Waals surface area contributed by atoms with Crippen LogP contribution in [0, 0.1) is 0 Å². The van der Waals surface area contributed by atoms with Gasteiger partial charge >= 0.3 is 6.09 Å². The van der Waals surface area contributed by atoms with Gasteiger partial charge in [-0.1, -0.05) is 37.3 Å². The Hall–Kier alpha value is -3.15. The predicted octanol–water partition coefficient (Wildman–Crippen LogP) is 5.72. The summed E-state index contributed by atoms with van der Waals surface area (Å²) in [7, 11) is 0.669. The molecule has 40 heavy (non-hydrogen) atoms. The van der Waals surface area contributed by atoms with Crippen molar-refractivity contribution in [3.63, 3.8) is 0 Å². The maximum Gasteiger partial charge on any atom is 0.404 e. The van der Waals surface area contributed by atoms with Crippen LogP contribution < -0.4 is 10.2 Å². The van der Waals surface area contributed by atoms with E-state index in [1.54, 1.807) is 4.68 Å². The van der Waals surface area contributed by atoms with Gasteiger partial charge in [-0.15, -0.1) is 0 Å². The zero-order chi connectivity index (χ0) is 28.2. The highest BCUT2D eigenvalue weighted by molar-refractivity contribution is 6.76. The minimum atomic E-state index is -1.22. The molecular weight excluding hydrogens is 546 g/mol. The first kappa shape index (κ1) is 27.0. The molecule has 1 amide bonds. The highest BCUT2D eigenvalue weighted by Crippen LogP contribution is 2.41. The molecule has 4 aromatic rings. The van der Waals surface area contributed by atoms with Crippen LogP contribution in [0.5, 0.6) is 0 Å². The first-order valence-corrected chi connectivity index (χ1v) is 18.0. The summed E-state index contributed by atoms with van der Waals surface area (Å²) in [4.78, 5) is 23.7. The number of rotatable bonds is 8. The van der Waals surface area contributed by atoms with Crippen molar-refractivity contribution < 1.29 is 14.6 Å². The van der Waals surface area contributed by atoms with Crippen LogP contribution in [0.15, 0.2) is 30.7 Å². The largest absolute Gasteiger partial charge is 0.465 e. The van der Waals surface area contributed by atoms with E-state index in [-0.39, 0.29) is 18.1 Å². The first-order valence-electron chi connectivity index (χ1n) is 13.9. The normalized spacial score (nSPS) is 21.0. The third-order valence-electron chi connectivity index (χ3n) is 8.13. The van der Waals surface area contributed by atoms with E-state index in [1.165, 1.54) is 0 Å². The quantitative estimate of drug-likeness (QED) is 0.202. The van der Waals surface area contributed by atoms with Gasteiger partial charge in [-0.05, 0) is 37.8 Å². The summed E-state index contributed by atoms with van der Waals surface area (Å²) in [6, 6.07) is 5.52. The lowest BCUT2D eigenvalue weighted by Gasteiger charge is -2.39. The molecule has 12 heteroatoms. The maximum atomic E-state index is 11.2. The van der Waals surface area contributed by atoms with Gasteiger partial charge < -0.3 is 24.6 Å². The Morgan fingerprint density at radius 2 is 1.93 bits per heavy atom. The van der Waals surface area contributed by atoms with Crippen molar-refractivity contribution in [1.82, 2.24) is 29.6 Å². The number of nitrogens with zero attached hydrogens (tertiary/aromatic N) is 6. The highest BCUT2D eigenvalue weighted by Gasteiger charge is 2.42. The lowest BCUT2D eigenvalue weighted by atomic mass is 9.97. The molecule has 2 aliphatic rings. The van der Waals surface area contributed by atoms with E-state index >= 15 is 0 Å². The molecule has 0 radical (unpaired) electrons. The third-order valence-corrected chi connectivity index (χ3v) is 10.2. The van der Waals surface area contributed by atoms with Crippen molar-refractivity contribution in [2.24, 2.45) is 7.05 Å². The van der Waals surface area contributed by atoms with Crippen LogP contribution in [0.25, 0.3) is 33.2 Å². The van der Waals surface area contributed by atoms with E-state index in [1.807, 2.05) is 42.3 Å². The van der Waals surface area contributed by atoms with Crippen LogP contribution in [0.2, 0.25) is 30.7 Å². The monoisotopic (exact) mass is 581 g/mol. The van der Waals surface area contributed by atoms with E-state index in [9.17, 15) is 9.90 Å². The standard InChI is InChI=1S/C28H36ClN7O3Si/c1-34-14-22-23(33-34)8-7-20(25(22)29)21-15-35(16-39-9-10-40(2,3)4)27-26(21)30-13-24(32-27)36-18-5-6-19(36)12-17(11-18)31-28(37)38/h7-8,13-15,17-19,31H,5-6,9-12,16H2,1-4H3,(H,37,38)/t17?,18-,19+. The van der Waals surface area contributed by atoms with E-state index in [4.69, 9.17) is 26.3 Å². The summed E-state index contributed by atoms with van der Waals surface area (Å²) >= 11 is 6.93. The number of amides is 1. The molecule has 5 heterocycles. The summed E-state index contributed by atoms with van der Waals surface area (Å²) < 4.78 is 9.96. The summed E-state index contributed by atoms with van der Waals surface area (Å²) in [5.41, 5.74) is 4.17. The first-order chi connectivity index (χ1) is 19.1. The number of aromatic nitrogens is 5. The van der Waals surface area contributed by atoms with Crippen LogP contribution in [0.4, 0.5) is 10.6 Å². The van der Waals surface area contributed by atoms with Gasteiger partial charge in [0, 0.05) is 68.8 Å². The van der Waals surface area contributed by atoms with Crippen molar-refractivity contribution in [1.29, 1.82) is 0 Å². The zero-order valence-electron chi connectivity index (χ0n) is 23.4. The second-order valence-electron chi connectivity index (χ2n) is 12.3. The Bertz CT molecular complexity index is 1570. The number of hydrogen-bond donors (Lipinski definition) is 2. The number of piperidine rings is 1. The molecule has 2 fully saturated rings. The summed E-state index contributed by atoms with van der Waals surface area (Å²) in [5, 5.41) is 17.9. The molecule has 2 N–H and O–H groups in total. The van der Waals surface area contributed by atoms with Gasteiger partial charge in [-0.2, -0.15) is 5.10 Å². The van der Waals surface area contributed by atoms with Gasteiger partial charge in [0.15, 0.2) is 5.65 Å². The Balaban J connectivity index is 1.37. The molecule has 3 atom stereocenters. The number of hydrogen-bond acceptors (Lipinski definition) is 6. The fourth-order valence-corrected chi connectivity index (χ4v) is 7.30. The summed E-state index contributed by atoms with van der Waals surface area (Å²) in [5.74, 6) is 0.829. The minimum Gasteiger partial charge on any atom is -0.465 e. The van der Waals surface area contributed by atoms with Gasteiger partial charge in [0.1, 0.15) is 18.1 Å². The van der Waals surface area contributed by atoms with Crippen LogP contribution in [0.1, 0.15) is 25.7 Å². The average Bonchev–Trinajstić information content (AvgIpc) is 3.52. The number of benzene rings is 1. The topological polar surface area (TPSA) is 110 Å². The molecule has 1 unspecified atom stereocenters. The molecule has 0 saturated carbocycles. The van der Waals surface area contributed by atoms with Crippen LogP contribution in [-0.2, 0) is 18.5 Å². The van der Waals surface area contributed by atoms with E-state index in [0.29, 0.717) is 18.4 Å². The van der Waals surface area contributed by atoms with Crippen molar-refractivity contribution in [3.05, 3.63) is 35.7 Å². The van der Waals surface area contributed by atoms with Crippen molar-refractivity contribution >= 4 is 53.7 Å². The lowest BCUT2D eigenvalue weighted by molar-refractivity contribution is 0.0899. The molecule has 0 aliphatic carbocycles. The molecule has 10 nitrogen and oxygen atoms in total. The number of halogens is 1. The molecule has 0 spiro atoms. The van der Waals surface area contributed by atoms with Gasteiger partial charge in [0.2, 0.25) is 0 Å². The second kappa shape index (κ2) is 10.4. The third kappa shape index (κ3) is 5.17. The number of carbonyl (C=O) groups is 1. The molecule has 2 bridgehead atoms. The Kier molecular flexibility index (Phi) is 7.00. The van der Waals surface area contributed by atoms with Gasteiger partial charge in [0.05, 0.1) is 16.7 Å². The van der Waals surface area contributed by atoms with E-state index in [0.717, 1.165) is 70.7 Å². The SMILES string of the molecule is Cn1cc2c(Cl)c(-c3cn(COCC[Si](C)(C)C)c4nc(N5[C@@H]6CC[C@H]5CC(NC(=O)O)C6)cnc34)ccc2n1. The van der Waals surface area contributed by atoms with Crippen molar-refractivity contribution in [2.45, 2.75) is 76.2 Å². The number of ether oxygens (including phenoxy) is 1. The Labute approximate surface area is 239 Å². The van der Waals surface area contributed by atoms with Crippen LogP contribution >= 0.6 is 11.6 Å². The number of anilines is 1. The predicted molar refractivity (Wildman–Crippen MR) is 160 cm³/mol. The number of nitrogens with one attached hydrogen (secondary N) is 1. The second-order valence-corrected chi connectivity index (χ2v) is 18.3. The summed E-state index contributed by atoms with van der Waals surface area (Å²) in [6.45, 7) is 8.11. The van der Waals surface area contributed by atoms with Crippen molar-refractivity contribution in [3.8, 4) is 11.1 Å². The van der Waals surface area contributed by atoms with Crippen LogP contribution in [0.3, 0.4) is 0 Å². The summed E-state index contributed by atoms with van der Waals surface area (Å²) in [6.07, 6.45) is 8.47. The Morgan fingerprint density at radius 1 is 1.18 bits per heavy atom. The van der Waals surface area contributed by atoms with Gasteiger partial charge in [-0.3, -0.25) is 4.68 Å². The molecule has 2 aliphatic heterocycles. The molecule has 3 aromatic heterocycles. The molecule has 2 saturated heterocycles. The smallest absolute Gasteiger partial charge is 0.404 e.